The average molecular weight is 637 g/mol. The molecule has 2 heteroatoms. The Hall–Kier alpha value is -1.59. The second-order valence-corrected chi connectivity index (χ2v) is 13.4. The average Bonchev–Trinajstić information content (AvgIpc) is 3.28. The van der Waals surface area contributed by atoms with Crippen LogP contribution in [0.5, 0.6) is 0 Å². The van der Waals surface area contributed by atoms with Gasteiger partial charge in [-0.1, -0.05) is 184 Å². The van der Waals surface area contributed by atoms with Crippen LogP contribution in [0.4, 0.5) is 0 Å². The summed E-state index contributed by atoms with van der Waals surface area (Å²) in [6.45, 7) is 8.59. The lowest BCUT2D eigenvalue weighted by atomic mass is 9.70. The molecule has 0 saturated heterocycles. The minimum absolute atomic E-state index is 0.0433. The molecule has 0 unspecified atom stereocenters. The molecule has 1 nitrogen and oxygen atoms in total. The van der Waals surface area contributed by atoms with Crippen LogP contribution in [0.3, 0.4) is 0 Å². The van der Waals surface area contributed by atoms with Crippen molar-refractivity contribution < 1.29 is 0 Å². The maximum Gasteiger partial charge on any atom is 0.0991 e. The summed E-state index contributed by atoms with van der Waals surface area (Å²) >= 11 is 3.80. The first-order valence-corrected chi connectivity index (χ1v) is 18.8. The highest BCUT2D eigenvalue weighted by Gasteiger charge is 2.42. The van der Waals surface area contributed by atoms with Crippen molar-refractivity contribution in [2.24, 2.45) is 0 Å². The summed E-state index contributed by atoms with van der Waals surface area (Å²) in [6, 6.07) is 15.8. The fraction of sp³-hybridized carbons (Fsp3) is 0.675. The second-order valence-electron chi connectivity index (χ2n) is 12.5. The molecule has 0 fully saturated rings. The van der Waals surface area contributed by atoms with E-state index in [-0.39, 0.29) is 5.41 Å². The second kappa shape index (κ2) is 22.0. The van der Waals surface area contributed by atoms with Crippen molar-refractivity contribution in [1.29, 1.82) is 5.26 Å². The van der Waals surface area contributed by atoms with Crippen molar-refractivity contribution in [3.63, 3.8) is 0 Å². The summed E-state index contributed by atoms with van der Waals surface area (Å²) in [4.78, 5) is 0. The Morgan fingerprint density at radius 1 is 0.548 bits per heavy atom. The SMILES string of the molecule is CC.CCCCCCCCCCCCC1(CCCCCCCCCCCC)c2cc(Br)ccc2-c2ccc(C#N)cc21. The van der Waals surface area contributed by atoms with Crippen molar-refractivity contribution in [1.82, 2.24) is 0 Å². The fourth-order valence-electron chi connectivity index (χ4n) is 7.03. The standard InChI is InChI=1S/C38H56BrN.C2H6/c1-3-5-7-9-11-13-15-17-19-21-27-38(28-22-20-18-16-14-12-10-8-6-4-2)36-29-32(31-40)23-25-34(36)35-26-24-33(39)30-37(35)38;1-2/h23-26,29-30H,3-22,27-28H2,1-2H3;1-2H3. The molecule has 0 amide bonds. The van der Waals surface area contributed by atoms with E-state index in [4.69, 9.17) is 0 Å². The Labute approximate surface area is 269 Å². The van der Waals surface area contributed by atoms with E-state index in [0.29, 0.717) is 0 Å². The predicted molar refractivity (Wildman–Crippen MR) is 189 cm³/mol. The quantitative estimate of drug-likeness (QED) is 0.118. The predicted octanol–water partition coefficient (Wildman–Crippen LogP) is 14.2. The van der Waals surface area contributed by atoms with Crippen molar-refractivity contribution in [2.45, 2.75) is 174 Å². The minimum atomic E-state index is 0.0433. The van der Waals surface area contributed by atoms with E-state index in [1.807, 2.05) is 19.9 Å². The van der Waals surface area contributed by atoms with E-state index in [0.717, 1.165) is 5.56 Å². The zero-order chi connectivity index (χ0) is 30.5. The van der Waals surface area contributed by atoms with Crippen molar-refractivity contribution in [3.8, 4) is 17.2 Å². The van der Waals surface area contributed by atoms with Crippen LogP contribution < -0.4 is 0 Å². The highest BCUT2D eigenvalue weighted by molar-refractivity contribution is 9.10. The number of rotatable bonds is 22. The monoisotopic (exact) mass is 635 g/mol. The van der Waals surface area contributed by atoms with Crippen LogP contribution >= 0.6 is 15.9 Å². The molecule has 0 spiro atoms. The van der Waals surface area contributed by atoms with Crippen molar-refractivity contribution in [2.75, 3.05) is 0 Å². The first-order chi connectivity index (χ1) is 20.7. The van der Waals surface area contributed by atoms with Gasteiger partial charge in [-0.15, -0.1) is 0 Å². The van der Waals surface area contributed by atoms with Gasteiger partial charge in [-0.05, 0) is 59.4 Å². The van der Waals surface area contributed by atoms with E-state index >= 15 is 0 Å². The number of unbranched alkanes of at least 4 members (excludes halogenated alkanes) is 18. The highest BCUT2D eigenvalue weighted by atomic mass is 79.9. The summed E-state index contributed by atoms with van der Waals surface area (Å²) < 4.78 is 1.18. The van der Waals surface area contributed by atoms with Gasteiger partial charge in [-0.25, -0.2) is 0 Å². The van der Waals surface area contributed by atoms with Gasteiger partial charge < -0.3 is 0 Å². The van der Waals surface area contributed by atoms with Gasteiger partial charge >= 0.3 is 0 Å². The largest absolute Gasteiger partial charge is 0.192 e. The van der Waals surface area contributed by atoms with Crippen LogP contribution in [-0.2, 0) is 5.41 Å². The topological polar surface area (TPSA) is 23.8 Å². The number of nitriles is 1. The summed E-state index contributed by atoms with van der Waals surface area (Å²) in [7, 11) is 0. The third kappa shape index (κ3) is 11.5. The van der Waals surface area contributed by atoms with Gasteiger partial charge in [0.05, 0.1) is 11.6 Å². The third-order valence-corrected chi connectivity index (χ3v) is 9.86. The number of benzene rings is 2. The van der Waals surface area contributed by atoms with Crippen LogP contribution in [0.25, 0.3) is 11.1 Å². The maximum absolute atomic E-state index is 9.77. The Kier molecular flexibility index (Phi) is 19.2. The normalized spacial score (nSPS) is 12.8. The molecule has 1 aliphatic rings. The molecule has 2 aromatic carbocycles. The molecule has 0 heterocycles. The summed E-state index contributed by atoms with van der Waals surface area (Å²) in [5.41, 5.74) is 6.52. The summed E-state index contributed by atoms with van der Waals surface area (Å²) in [5, 5.41) is 9.77. The first kappa shape index (κ1) is 36.6. The van der Waals surface area contributed by atoms with E-state index in [1.54, 1.807) is 0 Å². The van der Waals surface area contributed by atoms with Gasteiger partial charge in [0, 0.05) is 9.89 Å². The molecule has 1 aliphatic carbocycles. The molecule has 0 saturated carbocycles. The van der Waals surface area contributed by atoms with E-state index in [9.17, 15) is 5.26 Å². The van der Waals surface area contributed by atoms with Crippen LogP contribution in [0.1, 0.15) is 186 Å². The molecule has 0 bridgehead atoms. The van der Waals surface area contributed by atoms with Crippen molar-refractivity contribution in [3.05, 3.63) is 57.6 Å². The molecule has 3 rings (SSSR count). The lowest BCUT2D eigenvalue weighted by molar-refractivity contribution is 0.396. The van der Waals surface area contributed by atoms with Crippen molar-refractivity contribution >= 4 is 15.9 Å². The van der Waals surface area contributed by atoms with Gasteiger partial charge in [0.25, 0.3) is 0 Å². The molecule has 42 heavy (non-hydrogen) atoms. The van der Waals surface area contributed by atoms with Gasteiger partial charge in [0.15, 0.2) is 0 Å². The molecular weight excluding hydrogens is 574 g/mol. The van der Waals surface area contributed by atoms with E-state index in [1.165, 1.54) is 168 Å². The number of hydrogen-bond acceptors (Lipinski definition) is 1. The van der Waals surface area contributed by atoms with Gasteiger partial charge in [0.1, 0.15) is 0 Å². The molecule has 2 aromatic rings. The van der Waals surface area contributed by atoms with Crippen LogP contribution in [0.2, 0.25) is 0 Å². The number of hydrogen-bond donors (Lipinski definition) is 0. The number of nitrogens with zero attached hydrogens (tertiary/aromatic N) is 1. The van der Waals surface area contributed by atoms with Gasteiger partial charge in [-0.3, -0.25) is 0 Å². The fourth-order valence-corrected chi connectivity index (χ4v) is 7.39. The molecule has 0 radical (unpaired) electrons. The Balaban J connectivity index is 0.00000301. The zero-order valence-electron chi connectivity index (χ0n) is 27.8. The lowest BCUT2D eigenvalue weighted by Crippen LogP contribution is -2.25. The van der Waals surface area contributed by atoms with Gasteiger partial charge in [0.2, 0.25) is 0 Å². The molecule has 234 valence electrons. The van der Waals surface area contributed by atoms with Crippen LogP contribution in [0, 0.1) is 11.3 Å². The van der Waals surface area contributed by atoms with Crippen LogP contribution in [-0.4, -0.2) is 0 Å². The van der Waals surface area contributed by atoms with E-state index in [2.05, 4.69) is 66.2 Å². The number of halogens is 1. The molecule has 0 aromatic heterocycles. The molecule has 0 aliphatic heterocycles. The molecule has 0 atom stereocenters. The minimum Gasteiger partial charge on any atom is -0.192 e. The Bertz CT molecular complexity index is 1010. The summed E-state index contributed by atoms with van der Waals surface area (Å²) in [5.74, 6) is 0. The molecular formula is C40H62BrN. The lowest BCUT2D eigenvalue weighted by Gasteiger charge is -2.33. The number of fused-ring (bicyclic) bond motifs is 3. The smallest absolute Gasteiger partial charge is 0.0991 e. The Morgan fingerprint density at radius 3 is 1.36 bits per heavy atom. The maximum atomic E-state index is 9.77. The first-order valence-electron chi connectivity index (χ1n) is 18.0. The molecule has 0 N–H and O–H groups in total. The summed E-state index contributed by atoms with van der Waals surface area (Å²) in [6.07, 6.45) is 29.8. The van der Waals surface area contributed by atoms with E-state index < -0.39 is 0 Å². The highest BCUT2D eigenvalue weighted by Crippen LogP contribution is 2.55. The van der Waals surface area contributed by atoms with Crippen LogP contribution in [0.15, 0.2) is 40.9 Å². The third-order valence-electron chi connectivity index (χ3n) is 9.37. The zero-order valence-corrected chi connectivity index (χ0v) is 29.4. The Morgan fingerprint density at radius 2 is 0.929 bits per heavy atom. The van der Waals surface area contributed by atoms with Gasteiger partial charge in [-0.2, -0.15) is 5.26 Å².